The van der Waals surface area contributed by atoms with Gasteiger partial charge in [-0.05, 0) is 81.4 Å². The van der Waals surface area contributed by atoms with Gasteiger partial charge in [-0.2, -0.15) is 0 Å². The van der Waals surface area contributed by atoms with E-state index in [0.29, 0.717) is 22.5 Å². The Balaban J connectivity index is 1.51. The van der Waals surface area contributed by atoms with E-state index in [4.69, 9.17) is 11.5 Å². The number of nitrogens with two attached hydrogens (primary N) is 2. The Bertz CT molecular complexity index is 1910. The highest BCUT2D eigenvalue weighted by molar-refractivity contribution is 6.00. The van der Waals surface area contributed by atoms with E-state index in [0.717, 1.165) is 45.5 Å². The summed E-state index contributed by atoms with van der Waals surface area (Å²) >= 11 is 0. The lowest BCUT2D eigenvalue weighted by Crippen LogP contribution is -1.97. The van der Waals surface area contributed by atoms with Gasteiger partial charge >= 0.3 is 0 Å². The first-order chi connectivity index (χ1) is 20.3. The van der Waals surface area contributed by atoms with Crippen LogP contribution in [-0.2, 0) is 0 Å². The van der Waals surface area contributed by atoms with Gasteiger partial charge in [0.1, 0.15) is 23.3 Å². The number of hydrogen-bond acceptors (Lipinski definition) is 2. The lowest BCUT2D eigenvalue weighted by atomic mass is 9.85. The summed E-state index contributed by atoms with van der Waals surface area (Å²) in [6.45, 7) is 0. The van der Waals surface area contributed by atoms with Crippen molar-refractivity contribution in [3.8, 4) is 55.6 Å². The van der Waals surface area contributed by atoms with Crippen molar-refractivity contribution in [2.75, 3.05) is 11.5 Å². The van der Waals surface area contributed by atoms with Gasteiger partial charge in [-0.1, -0.05) is 66.7 Å². The fourth-order valence-electron chi connectivity index (χ4n) is 5.21. The highest BCUT2D eigenvalue weighted by Crippen LogP contribution is 2.44. The molecule has 6 heteroatoms. The molecule has 0 unspecified atom stereocenters. The zero-order valence-corrected chi connectivity index (χ0v) is 22.2. The molecule has 6 aromatic rings. The first kappa shape index (κ1) is 26.8. The number of nitrogen functional groups attached to an aromatic ring is 2. The molecule has 0 spiro atoms. The van der Waals surface area contributed by atoms with Crippen LogP contribution >= 0.6 is 0 Å². The first-order valence-electron chi connectivity index (χ1n) is 13.2. The third kappa shape index (κ3) is 5.10. The summed E-state index contributed by atoms with van der Waals surface area (Å²) in [7, 11) is 0. The molecule has 206 valence electrons. The van der Waals surface area contributed by atoms with E-state index < -0.39 is 23.3 Å². The second kappa shape index (κ2) is 10.9. The van der Waals surface area contributed by atoms with Crippen LogP contribution in [0, 0.1) is 23.3 Å². The number of anilines is 2. The molecule has 2 nitrogen and oxygen atoms in total. The second-order valence-electron chi connectivity index (χ2n) is 9.98. The van der Waals surface area contributed by atoms with Crippen molar-refractivity contribution in [3.63, 3.8) is 0 Å². The third-order valence-electron chi connectivity index (χ3n) is 7.29. The van der Waals surface area contributed by atoms with Crippen LogP contribution in [0.15, 0.2) is 121 Å². The van der Waals surface area contributed by atoms with Crippen molar-refractivity contribution in [2.24, 2.45) is 0 Å². The first-order valence-corrected chi connectivity index (χ1v) is 13.2. The maximum absolute atomic E-state index is 14.5. The third-order valence-corrected chi connectivity index (χ3v) is 7.29. The standard InChI is InChI=1S/C36H24F4N2/c37-26-11-15-29(32(39)19-26)21-1-5-24(6-2-21)35-31(23-9-13-28(41)14-10-23)17-18-34(42)36(35)25-7-3-22(4-8-25)30-16-12-27(38)20-33(30)40/h1-20H,41-42H2. The van der Waals surface area contributed by atoms with E-state index in [1.807, 2.05) is 60.7 Å². The van der Waals surface area contributed by atoms with Crippen LogP contribution in [0.5, 0.6) is 0 Å². The van der Waals surface area contributed by atoms with Crippen molar-refractivity contribution in [1.29, 1.82) is 0 Å². The van der Waals surface area contributed by atoms with Gasteiger partial charge in [-0.15, -0.1) is 0 Å². The molecule has 0 bridgehead atoms. The summed E-state index contributed by atoms with van der Waals surface area (Å²) in [6.07, 6.45) is 0. The van der Waals surface area contributed by atoms with Gasteiger partial charge in [0.2, 0.25) is 0 Å². The van der Waals surface area contributed by atoms with Crippen molar-refractivity contribution >= 4 is 11.4 Å². The molecule has 42 heavy (non-hydrogen) atoms. The molecule has 0 aliphatic carbocycles. The molecule has 0 fully saturated rings. The van der Waals surface area contributed by atoms with Crippen LogP contribution in [0.25, 0.3) is 55.6 Å². The molecule has 0 amide bonds. The van der Waals surface area contributed by atoms with Crippen LogP contribution in [0.2, 0.25) is 0 Å². The number of hydrogen-bond donors (Lipinski definition) is 2. The van der Waals surface area contributed by atoms with Crippen molar-refractivity contribution < 1.29 is 17.6 Å². The topological polar surface area (TPSA) is 52.0 Å². The summed E-state index contributed by atoms with van der Waals surface area (Å²) in [4.78, 5) is 0. The van der Waals surface area contributed by atoms with Gasteiger partial charge in [-0.3, -0.25) is 0 Å². The van der Waals surface area contributed by atoms with Gasteiger partial charge in [0.15, 0.2) is 0 Å². The summed E-state index contributed by atoms with van der Waals surface area (Å²) in [5.74, 6) is -2.57. The minimum Gasteiger partial charge on any atom is -0.399 e. The summed E-state index contributed by atoms with van der Waals surface area (Å²) in [6, 6.07) is 32.8. The number of halogens is 4. The Morgan fingerprint density at radius 3 is 1.21 bits per heavy atom. The normalized spacial score (nSPS) is 11.0. The van der Waals surface area contributed by atoms with E-state index in [1.165, 1.54) is 24.3 Å². The maximum Gasteiger partial charge on any atom is 0.133 e. The number of benzene rings is 6. The zero-order valence-electron chi connectivity index (χ0n) is 22.2. The van der Waals surface area contributed by atoms with Crippen molar-refractivity contribution in [2.45, 2.75) is 0 Å². The molecule has 0 saturated heterocycles. The fourth-order valence-corrected chi connectivity index (χ4v) is 5.21. The van der Waals surface area contributed by atoms with Gasteiger partial charge in [0.05, 0.1) is 0 Å². The molecule has 0 aliphatic rings. The molecule has 0 aliphatic heterocycles. The van der Waals surface area contributed by atoms with E-state index >= 15 is 0 Å². The Hall–Kier alpha value is -5.36. The lowest BCUT2D eigenvalue weighted by Gasteiger charge is -2.19. The predicted molar refractivity (Wildman–Crippen MR) is 162 cm³/mol. The Kier molecular flexibility index (Phi) is 6.97. The summed E-state index contributed by atoms with van der Waals surface area (Å²) in [5.41, 5.74) is 20.5. The van der Waals surface area contributed by atoms with Gasteiger partial charge in [-0.25, -0.2) is 17.6 Å². The van der Waals surface area contributed by atoms with Crippen molar-refractivity contribution in [3.05, 3.63) is 145 Å². The van der Waals surface area contributed by atoms with Crippen molar-refractivity contribution in [1.82, 2.24) is 0 Å². The van der Waals surface area contributed by atoms with E-state index in [1.54, 1.807) is 24.3 Å². The molecule has 6 rings (SSSR count). The average molecular weight is 561 g/mol. The predicted octanol–water partition coefficient (Wildman–Crippen LogP) is 9.74. The quantitative estimate of drug-likeness (QED) is 0.163. The SMILES string of the molecule is Nc1ccc(-c2ccc(N)c(-c3ccc(-c4ccc(F)cc4F)cc3)c2-c2ccc(-c3ccc(F)cc3F)cc2)cc1. The highest BCUT2D eigenvalue weighted by Gasteiger charge is 2.18. The van der Waals surface area contributed by atoms with Crippen LogP contribution in [0.4, 0.5) is 28.9 Å². The molecular weight excluding hydrogens is 536 g/mol. The van der Waals surface area contributed by atoms with Gasteiger partial charge in [0, 0.05) is 40.2 Å². The molecule has 0 radical (unpaired) electrons. The molecular formula is C36H24F4N2. The lowest BCUT2D eigenvalue weighted by molar-refractivity contribution is 0.585. The van der Waals surface area contributed by atoms with Crippen LogP contribution < -0.4 is 11.5 Å². The van der Waals surface area contributed by atoms with Crippen LogP contribution in [0.1, 0.15) is 0 Å². The molecule has 4 N–H and O–H groups in total. The minimum atomic E-state index is -0.647. The second-order valence-corrected chi connectivity index (χ2v) is 9.98. The molecule has 0 atom stereocenters. The van der Waals surface area contributed by atoms with Crippen LogP contribution in [0.3, 0.4) is 0 Å². The smallest absolute Gasteiger partial charge is 0.133 e. The Morgan fingerprint density at radius 1 is 0.357 bits per heavy atom. The highest BCUT2D eigenvalue weighted by atomic mass is 19.1. The molecule has 0 saturated carbocycles. The van der Waals surface area contributed by atoms with E-state index in [9.17, 15) is 17.6 Å². The zero-order chi connectivity index (χ0) is 29.4. The minimum absolute atomic E-state index is 0.287. The molecule has 0 aromatic heterocycles. The van der Waals surface area contributed by atoms with E-state index in [2.05, 4.69) is 0 Å². The molecule has 6 aromatic carbocycles. The Morgan fingerprint density at radius 2 is 0.738 bits per heavy atom. The largest absolute Gasteiger partial charge is 0.399 e. The summed E-state index contributed by atoms with van der Waals surface area (Å²) in [5, 5.41) is 0. The van der Waals surface area contributed by atoms with Crippen LogP contribution in [-0.4, -0.2) is 0 Å². The van der Waals surface area contributed by atoms with Gasteiger partial charge in [0.25, 0.3) is 0 Å². The summed E-state index contributed by atoms with van der Waals surface area (Å²) < 4.78 is 55.9. The monoisotopic (exact) mass is 560 g/mol. The fraction of sp³-hybridized carbons (Fsp3) is 0. The number of rotatable bonds is 5. The Labute approximate surface area is 240 Å². The average Bonchev–Trinajstić information content (AvgIpc) is 2.98. The maximum atomic E-state index is 14.5. The van der Waals surface area contributed by atoms with E-state index in [-0.39, 0.29) is 11.1 Å². The van der Waals surface area contributed by atoms with Gasteiger partial charge < -0.3 is 11.5 Å². The molecule has 0 heterocycles.